The van der Waals surface area contributed by atoms with Gasteiger partial charge in [0.05, 0.1) is 0 Å². The number of hydrogen-bond donors (Lipinski definition) is 0. The van der Waals surface area contributed by atoms with Crippen molar-refractivity contribution in [3.8, 4) is 0 Å². The molecule has 0 fully saturated rings. The van der Waals surface area contributed by atoms with E-state index in [9.17, 15) is 0 Å². The lowest BCUT2D eigenvalue weighted by atomic mass is 10.0. The molecule has 1 aromatic carbocycles. The molecule has 0 radical (unpaired) electrons. The van der Waals surface area contributed by atoms with Gasteiger partial charge < -0.3 is 0 Å². The summed E-state index contributed by atoms with van der Waals surface area (Å²) in [6.45, 7) is 2.28. The summed E-state index contributed by atoms with van der Waals surface area (Å²) in [5.74, 6) is 0. The normalized spacial score (nSPS) is 12.9. The van der Waals surface area contributed by atoms with Crippen LogP contribution in [-0.2, 0) is 12.8 Å². The molecule has 0 nitrogen and oxygen atoms in total. The summed E-state index contributed by atoms with van der Waals surface area (Å²) in [7, 11) is 0. The molecule has 0 unspecified atom stereocenters. The van der Waals surface area contributed by atoms with Crippen molar-refractivity contribution < 1.29 is 0 Å². The van der Waals surface area contributed by atoms with Crippen molar-refractivity contribution in [3.05, 3.63) is 41.0 Å². The molecule has 1 aliphatic carbocycles. The molecule has 0 aromatic heterocycles. The Morgan fingerprint density at radius 1 is 0.895 bits per heavy atom. The van der Waals surface area contributed by atoms with Crippen LogP contribution in [0.2, 0.25) is 0 Å². The third-order valence-corrected chi connectivity index (χ3v) is 4.16. The molecule has 0 saturated carbocycles. The van der Waals surface area contributed by atoms with Gasteiger partial charge in [-0.15, -0.1) is 0 Å². The van der Waals surface area contributed by atoms with Gasteiger partial charge in [-0.1, -0.05) is 82.2 Å². The molecule has 0 spiro atoms. The van der Waals surface area contributed by atoms with E-state index in [-0.39, 0.29) is 0 Å². The monoisotopic (exact) mass is 256 g/mol. The zero-order valence-electron chi connectivity index (χ0n) is 12.5. The molecule has 2 rings (SSSR count). The van der Waals surface area contributed by atoms with E-state index < -0.39 is 0 Å². The fraction of sp³-hybridized carbons (Fsp3) is 0.579. The molecule has 0 bridgehead atoms. The van der Waals surface area contributed by atoms with Gasteiger partial charge in [0.25, 0.3) is 0 Å². The Balaban J connectivity index is 1.57. The number of rotatable bonds is 9. The van der Waals surface area contributed by atoms with Crippen molar-refractivity contribution in [2.24, 2.45) is 0 Å². The Kier molecular flexibility index (Phi) is 6.20. The summed E-state index contributed by atoms with van der Waals surface area (Å²) in [6.07, 6.45) is 18.2. The molecular formula is C19H28. The van der Waals surface area contributed by atoms with E-state index in [1.165, 1.54) is 74.5 Å². The van der Waals surface area contributed by atoms with Crippen LogP contribution in [0.5, 0.6) is 0 Å². The summed E-state index contributed by atoms with van der Waals surface area (Å²) in [5.41, 5.74) is 4.48. The second-order valence-corrected chi connectivity index (χ2v) is 5.86. The Morgan fingerprint density at radius 3 is 2.42 bits per heavy atom. The van der Waals surface area contributed by atoms with Crippen LogP contribution in [0.25, 0.3) is 6.08 Å². The lowest BCUT2D eigenvalue weighted by Gasteiger charge is -2.05. The molecule has 1 aliphatic rings. The zero-order chi connectivity index (χ0) is 13.3. The highest BCUT2D eigenvalue weighted by atomic mass is 14.1. The summed E-state index contributed by atoms with van der Waals surface area (Å²) in [5, 5.41) is 0. The molecule has 0 amide bonds. The smallest absolute Gasteiger partial charge is 0.00882 e. The zero-order valence-corrected chi connectivity index (χ0v) is 12.5. The predicted octanol–water partition coefficient (Wildman–Crippen LogP) is 5.94. The number of hydrogen-bond acceptors (Lipinski definition) is 0. The van der Waals surface area contributed by atoms with Gasteiger partial charge in [0, 0.05) is 0 Å². The van der Waals surface area contributed by atoms with Crippen molar-refractivity contribution in [2.45, 2.75) is 71.1 Å². The van der Waals surface area contributed by atoms with Gasteiger partial charge in [-0.25, -0.2) is 0 Å². The minimum atomic E-state index is 1.13. The minimum Gasteiger partial charge on any atom is -0.0795 e. The Morgan fingerprint density at radius 2 is 1.63 bits per heavy atom. The molecular weight excluding hydrogens is 228 g/mol. The van der Waals surface area contributed by atoms with Crippen LogP contribution in [-0.4, -0.2) is 0 Å². The fourth-order valence-electron chi connectivity index (χ4n) is 2.92. The standard InChI is InChI=1S/C19H28/c1-2-3-4-5-6-7-8-9-11-17-14-15-18-12-10-13-19(18)16-17/h10,13-16H,2-9,11-12H2,1H3. The molecule has 0 heteroatoms. The fourth-order valence-corrected chi connectivity index (χ4v) is 2.92. The first-order valence-electron chi connectivity index (χ1n) is 8.18. The number of benzene rings is 1. The second kappa shape index (κ2) is 8.19. The molecule has 1 aromatic rings. The van der Waals surface area contributed by atoms with E-state index in [4.69, 9.17) is 0 Å². The number of unbranched alkanes of at least 4 members (excludes halogenated alkanes) is 7. The average Bonchev–Trinajstić information content (AvgIpc) is 2.89. The van der Waals surface area contributed by atoms with Crippen LogP contribution < -0.4 is 0 Å². The number of fused-ring (bicyclic) bond motifs is 1. The average molecular weight is 256 g/mol. The summed E-state index contributed by atoms with van der Waals surface area (Å²) < 4.78 is 0. The van der Waals surface area contributed by atoms with Gasteiger partial charge in [0.1, 0.15) is 0 Å². The van der Waals surface area contributed by atoms with Crippen molar-refractivity contribution in [3.63, 3.8) is 0 Å². The molecule has 104 valence electrons. The molecule has 0 aliphatic heterocycles. The van der Waals surface area contributed by atoms with Gasteiger partial charge >= 0.3 is 0 Å². The van der Waals surface area contributed by atoms with Crippen LogP contribution in [0.4, 0.5) is 0 Å². The molecule has 0 N–H and O–H groups in total. The van der Waals surface area contributed by atoms with Gasteiger partial charge in [-0.05, 0) is 36.0 Å². The topological polar surface area (TPSA) is 0 Å². The largest absolute Gasteiger partial charge is 0.0795 e. The molecule has 19 heavy (non-hydrogen) atoms. The minimum absolute atomic E-state index is 1.13. The summed E-state index contributed by atoms with van der Waals surface area (Å²) >= 11 is 0. The van der Waals surface area contributed by atoms with E-state index >= 15 is 0 Å². The van der Waals surface area contributed by atoms with E-state index in [0.717, 1.165) is 6.42 Å². The predicted molar refractivity (Wildman–Crippen MR) is 85.5 cm³/mol. The first-order chi connectivity index (χ1) is 9.40. The van der Waals surface area contributed by atoms with Gasteiger partial charge in [-0.3, -0.25) is 0 Å². The Hall–Kier alpha value is -1.04. The third kappa shape index (κ3) is 4.86. The van der Waals surface area contributed by atoms with Crippen molar-refractivity contribution in [2.75, 3.05) is 0 Å². The molecule has 0 saturated heterocycles. The first kappa shape index (κ1) is 14.4. The maximum absolute atomic E-state index is 2.39. The highest BCUT2D eigenvalue weighted by Crippen LogP contribution is 2.21. The first-order valence-corrected chi connectivity index (χ1v) is 8.18. The van der Waals surface area contributed by atoms with Crippen molar-refractivity contribution in [1.29, 1.82) is 0 Å². The van der Waals surface area contributed by atoms with Gasteiger partial charge in [0.15, 0.2) is 0 Å². The van der Waals surface area contributed by atoms with E-state index in [0.29, 0.717) is 0 Å². The maximum atomic E-state index is 2.39. The highest BCUT2D eigenvalue weighted by Gasteiger charge is 2.05. The number of aryl methyl sites for hydroxylation is 1. The van der Waals surface area contributed by atoms with Crippen LogP contribution in [0.3, 0.4) is 0 Å². The lowest BCUT2D eigenvalue weighted by Crippen LogP contribution is -1.89. The van der Waals surface area contributed by atoms with Crippen LogP contribution in [0.15, 0.2) is 24.3 Å². The maximum Gasteiger partial charge on any atom is -0.00882 e. The quantitative estimate of drug-likeness (QED) is 0.480. The lowest BCUT2D eigenvalue weighted by molar-refractivity contribution is 0.575. The third-order valence-electron chi connectivity index (χ3n) is 4.16. The highest BCUT2D eigenvalue weighted by molar-refractivity contribution is 5.60. The van der Waals surface area contributed by atoms with Gasteiger partial charge in [-0.2, -0.15) is 0 Å². The van der Waals surface area contributed by atoms with Crippen molar-refractivity contribution in [1.82, 2.24) is 0 Å². The molecule has 0 atom stereocenters. The van der Waals surface area contributed by atoms with Gasteiger partial charge in [0.2, 0.25) is 0 Å². The number of allylic oxidation sites excluding steroid dienone is 1. The van der Waals surface area contributed by atoms with E-state index in [1.54, 1.807) is 0 Å². The van der Waals surface area contributed by atoms with Crippen LogP contribution in [0, 0.1) is 0 Å². The Labute approximate surface area is 118 Å². The summed E-state index contributed by atoms with van der Waals surface area (Å²) in [6, 6.07) is 7.03. The van der Waals surface area contributed by atoms with Crippen molar-refractivity contribution >= 4 is 6.08 Å². The second-order valence-electron chi connectivity index (χ2n) is 5.86. The SMILES string of the molecule is CCCCCCCCCCc1ccc2c(c1)C=CC2. The summed E-state index contributed by atoms with van der Waals surface area (Å²) in [4.78, 5) is 0. The van der Waals surface area contributed by atoms with E-state index in [2.05, 4.69) is 37.3 Å². The van der Waals surface area contributed by atoms with Crippen LogP contribution in [0.1, 0.15) is 75.0 Å². The Bertz CT molecular complexity index is 400. The van der Waals surface area contributed by atoms with E-state index in [1.807, 2.05) is 0 Å². The van der Waals surface area contributed by atoms with Crippen LogP contribution >= 0.6 is 0 Å². The molecule has 0 heterocycles.